The van der Waals surface area contributed by atoms with E-state index in [0.717, 1.165) is 22.1 Å². The number of aryl methyl sites for hydroxylation is 1. The van der Waals surface area contributed by atoms with Crippen LogP contribution in [0.5, 0.6) is 5.75 Å². The third-order valence-electron chi connectivity index (χ3n) is 3.00. The van der Waals surface area contributed by atoms with Gasteiger partial charge in [-0.3, -0.25) is 10.1 Å². The van der Waals surface area contributed by atoms with E-state index in [1.165, 1.54) is 11.3 Å². The molecule has 1 amide bonds. The number of ether oxygens (including phenoxy) is 1. The molecule has 0 aliphatic carbocycles. The monoisotopic (exact) mass is 351 g/mol. The number of hydrogen-bond donors (Lipinski definition) is 1. The number of aromatic nitrogens is 2. The van der Waals surface area contributed by atoms with Gasteiger partial charge >= 0.3 is 0 Å². The molecule has 0 radical (unpaired) electrons. The van der Waals surface area contributed by atoms with E-state index in [1.54, 1.807) is 11.8 Å². The summed E-state index contributed by atoms with van der Waals surface area (Å²) in [6.45, 7) is 6.03. The van der Waals surface area contributed by atoms with Crippen LogP contribution in [0.15, 0.2) is 28.6 Å². The number of rotatable bonds is 8. The second kappa shape index (κ2) is 8.88. The molecule has 1 aromatic heterocycles. The Hall–Kier alpha value is -1.60. The van der Waals surface area contributed by atoms with Crippen molar-refractivity contribution in [3.63, 3.8) is 0 Å². The van der Waals surface area contributed by atoms with E-state index < -0.39 is 6.10 Å². The van der Waals surface area contributed by atoms with Gasteiger partial charge in [-0.25, -0.2) is 0 Å². The van der Waals surface area contributed by atoms with Gasteiger partial charge in [0.2, 0.25) is 5.13 Å². The summed E-state index contributed by atoms with van der Waals surface area (Å²) in [5, 5.41) is 11.4. The van der Waals surface area contributed by atoms with Crippen molar-refractivity contribution in [2.24, 2.45) is 0 Å². The molecule has 124 valence electrons. The lowest BCUT2D eigenvalue weighted by Crippen LogP contribution is -2.32. The molecule has 0 bridgehead atoms. The summed E-state index contributed by atoms with van der Waals surface area (Å²) in [7, 11) is 0. The molecule has 1 N–H and O–H groups in total. The summed E-state index contributed by atoms with van der Waals surface area (Å²) < 4.78 is 6.66. The van der Waals surface area contributed by atoms with Gasteiger partial charge < -0.3 is 4.74 Å². The van der Waals surface area contributed by atoms with Crippen LogP contribution in [0.25, 0.3) is 0 Å². The lowest BCUT2D eigenvalue weighted by atomic mass is 10.2. The van der Waals surface area contributed by atoms with E-state index in [0.29, 0.717) is 17.3 Å². The zero-order valence-corrected chi connectivity index (χ0v) is 15.2. The van der Waals surface area contributed by atoms with Gasteiger partial charge in [-0.2, -0.15) is 0 Å². The van der Waals surface area contributed by atoms with Crippen LogP contribution in [0.1, 0.15) is 32.3 Å². The van der Waals surface area contributed by atoms with E-state index in [-0.39, 0.29) is 5.91 Å². The fourth-order valence-corrected chi connectivity index (χ4v) is 3.55. The summed E-state index contributed by atoms with van der Waals surface area (Å²) in [6, 6.07) is 7.68. The van der Waals surface area contributed by atoms with Crippen molar-refractivity contribution in [2.75, 3.05) is 11.1 Å². The molecule has 0 fully saturated rings. The zero-order chi connectivity index (χ0) is 16.7. The normalized spacial score (nSPS) is 12.0. The van der Waals surface area contributed by atoms with Gasteiger partial charge in [-0.15, -0.1) is 10.2 Å². The molecule has 5 nitrogen and oxygen atoms in total. The maximum absolute atomic E-state index is 12.4. The van der Waals surface area contributed by atoms with Gasteiger partial charge in [0, 0.05) is 5.75 Å². The fraction of sp³-hybridized carbons (Fsp3) is 0.438. The molecular formula is C16H21N3O2S2. The molecule has 0 saturated carbocycles. The average Bonchev–Trinajstić information content (AvgIpc) is 2.98. The molecule has 0 unspecified atom stereocenters. The van der Waals surface area contributed by atoms with Crippen molar-refractivity contribution in [3.05, 3.63) is 29.8 Å². The van der Waals surface area contributed by atoms with Crippen LogP contribution in [0.2, 0.25) is 0 Å². The standard InChI is InChI=1S/C16H21N3O2S2/c1-4-9-22-16-19-18-15(23-16)17-14(20)13(5-2)21-12-8-6-7-11(3)10-12/h6-8,10,13H,4-5,9H2,1-3H3,(H,17,18,20)/t13-/m1/s1. The Bertz CT molecular complexity index is 646. The highest BCUT2D eigenvalue weighted by atomic mass is 32.2. The van der Waals surface area contributed by atoms with Crippen molar-refractivity contribution < 1.29 is 9.53 Å². The number of carbonyl (C=O) groups excluding carboxylic acids is 1. The maximum Gasteiger partial charge on any atom is 0.267 e. The average molecular weight is 351 g/mol. The molecule has 0 aliphatic rings. The highest BCUT2D eigenvalue weighted by molar-refractivity contribution is 8.01. The SMILES string of the molecule is CCCSc1nnc(NC(=O)[C@@H](CC)Oc2cccc(C)c2)s1. The predicted molar refractivity (Wildman–Crippen MR) is 95.4 cm³/mol. The molecule has 23 heavy (non-hydrogen) atoms. The number of carbonyl (C=O) groups is 1. The molecule has 0 saturated heterocycles. The van der Waals surface area contributed by atoms with Gasteiger partial charge in [0.25, 0.3) is 5.91 Å². The Balaban J connectivity index is 1.95. The number of anilines is 1. The highest BCUT2D eigenvalue weighted by Gasteiger charge is 2.20. The Labute approximate surface area is 144 Å². The lowest BCUT2D eigenvalue weighted by Gasteiger charge is -2.16. The first-order valence-electron chi connectivity index (χ1n) is 7.62. The summed E-state index contributed by atoms with van der Waals surface area (Å²) in [5.41, 5.74) is 1.10. The van der Waals surface area contributed by atoms with Crippen molar-refractivity contribution >= 4 is 34.1 Å². The van der Waals surface area contributed by atoms with E-state index in [1.807, 2.05) is 38.1 Å². The Kier molecular flexibility index (Phi) is 6.85. The number of benzene rings is 1. The third-order valence-corrected chi connectivity index (χ3v) is 5.18. The minimum atomic E-state index is -0.549. The van der Waals surface area contributed by atoms with Gasteiger partial charge in [-0.1, -0.05) is 49.1 Å². The van der Waals surface area contributed by atoms with Crippen molar-refractivity contribution in [1.29, 1.82) is 0 Å². The quantitative estimate of drug-likeness (QED) is 0.572. The lowest BCUT2D eigenvalue weighted by molar-refractivity contribution is -0.122. The van der Waals surface area contributed by atoms with Crippen LogP contribution in [0.4, 0.5) is 5.13 Å². The molecular weight excluding hydrogens is 330 g/mol. The zero-order valence-electron chi connectivity index (χ0n) is 13.5. The number of nitrogens with zero attached hydrogens (tertiary/aromatic N) is 2. The van der Waals surface area contributed by atoms with Crippen molar-refractivity contribution in [1.82, 2.24) is 10.2 Å². The van der Waals surface area contributed by atoms with Crippen LogP contribution in [-0.2, 0) is 4.79 Å². The Morgan fingerprint density at radius 3 is 2.91 bits per heavy atom. The number of thioether (sulfide) groups is 1. The first-order chi connectivity index (χ1) is 11.1. The van der Waals surface area contributed by atoms with Gasteiger partial charge in [0.05, 0.1) is 0 Å². The second-order valence-electron chi connectivity index (χ2n) is 5.04. The molecule has 2 aromatic rings. The van der Waals surface area contributed by atoms with E-state index >= 15 is 0 Å². The second-order valence-corrected chi connectivity index (χ2v) is 7.36. The highest BCUT2D eigenvalue weighted by Crippen LogP contribution is 2.26. The van der Waals surface area contributed by atoms with Crippen LogP contribution < -0.4 is 10.1 Å². The minimum absolute atomic E-state index is 0.197. The summed E-state index contributed by atoms with van der Waals surface area (Å²) >= 11 is 3.04. The fourth-order valence-electron chi connectivity index (χ4n) is 1.87. The molecule has 0 aliphatic heterocycles. The molecule has 1 atom stereocenters. The molecule has 7 heteroatoms. The van der Waals surface area contributed by atoms with Crippen LogP contribution in [0, 0.1) is 6.92 Å². The first-order valence-corrected chi connectivity index (χ1v) is 9.43. The predicted octanol–water partition coefficient (Wildman–Crippen LogP) is 4.14. The van der Waals surface area contributed by atoms with Gasteiger partial charge in [0.15, 0.2) is 10.4 Å². The molecule has 1 heterocycles. The van der Waals surface area contributed by atoms with Crippen LogP contribution in [0.3, 0.4) is 0 Å². The largest absolute Gasteiger partial charge is 0.481 e. The summed E-state index contributed by atoms with van der Waals surface area (Å²) in [4.78, 5) is 12.4. The molecule has 1 aromatic carbocycles. The van der Waals surface area contributed by atoms with E-state index in [2.05, 4.69) is 22.4 Å². The summed E-state index contributed by atoms with van der Waals surface area (Å²) in [5.74, 6) is 1.50. The smallest absolute Gasteiger partial charge is 0.267 e. The van der Waals surface area contributed by atoms with Crippen LogP contribution >= 0.6 is 23.1 Å². The first kappa shape index (κ1) is 17.7. The molecule has 0 spiro atoms. The topological polar surface area (TPSA) is 64.1 Å². The maximum atomic E-state index is 12.4. The number of nitrogens with one attached hydrogen (secondary N) is 1. The number of hydrogen-bond acceptors (Lipinski definition) is 6. The van der Waals surface area contributed by atoms with Crippen molar-refractivity contribution in [3.8, 4) is 5.75 Å². The van der Waals surface area contributed by atoms with E-state index in [4.69, 9.17) is 4.74 Å². The van der Waals surface area contributed by atoms with E-state index in [9.17, 15) is 4.79 Å². The minimum Gasteiger partial charge on any atom is -0.481 e. The summed E-state index contributed by atoms with van der Waals surface area (Å²) in [6.07, 6.45) is 1.11. The number of amides is 1. The Morgan fingerprint density at radius 2 is 2.22 bits per heavy atom. The van der Waals surface area contributed by atoms with Crippen LogP contribution in [-0.4, -0.2) is 28.0 Å². The third kappa shape index (κ3) is 5.51. The van der Waals surface area contributed by atoms with Gasteiger partial charge in [-0.05, 0) is 37.5 Å². The van der Waals surface area contributed by atoms with Crippen molar-refractivity contribution in [2.45, 2.75) is 44.1 Å². The van der Waals surface area contributed by atoms with Gasteiger partial charge in [0.1, 0.15) is 5.75 Å². The Morgan fingerprint density at radius 1 is 1.39 bits per heavy atom. The molecule has 2 rings (SSSR count).